The van der Waals surface area contributed by atoms with Crippen LogP contribution in [0.1, 0.15) is 11.1 Å². The maximum absolute atomic E-state index is 5.40. The fraction of sp³-hybridized carbons (Fsp3) is 0.0833. The first kappa shape index (κ1) is 19.8. The van der Waals surface area contributed by atoms with E-state index in [1.54, 1.807) is 12.4 Å². The Morgan fingerprint density at radius 1 is 0.618 bits per heavy atom. The van der Waals surface area contributed by atoms with E-state index in [2.05, 4.69) is 31.3 Å². The number of aromatic nitrogens is 2. The number of hydrogen-bond acceptors (Lipinski definition) is 10. The maximum atomic E-state index is 5.40. The third-order valence-corrected chi connectivity index (χ3v) is 5.25. The topological polar surface area (TPSA) is 111 Å². The monoisotopic (exact) mass is 454 g/mol. The van der Waals surface area contributed by atoms with Crippen molar-refractivity contribution in [3.05, 3.63) is 71.8 Å². The van der Waals surface area contributed by atoms with Gasteiger partial charge in [0.1, 0.15) is 0 Å². The Hall–Kier alpha value is -4.86. The summed E-state index contributed by atoms with van der Waals surface area (Å²) in [5.41, 5.74) is 7.67. The Labute approximate surface area is 193 Å². The summed E-state index contributed by atoms with van der Waals surface area (Å²) >= 11 is 0. The fourth-order valence-corrected chi connectivity index (χ4v) is 3.59. The highest BCUT2D eigenvalue weighted by molar-refractivity contribution is 5.98. The molecule has 0 unspecified atom stereocenters. The molecule has 34 heavy (non-hydrogen) atoms. The van der Waals surface area contributed by atoms with Crippen LogP contribution in [0, 0.1) is 0 Å². The first-order valence-electron chi connectivity index (χ1n) is 10.5. The molecule has 0 amide bonds. The molecular formula is C24H18N6O4. The van der Waals surface area contributed by atoms with E-state index in [0.29, 0.717) is 23.1 Å². The Kier molecular flexibility index (Phi) is 5.00. The van der Waals surface area contributed by atoms with E-state index in [0.717, 1.165) is 33.4 Å². The normalized spacial score (nSPS) is 13.8. The van der Waals surface area contributed by atoms with E-state index >= 15 is 0 Å². The molecule has 10 nitrogen and oxygen atoms in total. The Morgan fingerprint density at radius 3 is 1.59 bits per heavy atom. The van der Waals surface area contributed by atoms with Crippen LogP contribution in [0.25, 0.3) is 10.8 Å². The van der Waals surface area contributed by atoms with Gasteiger partial charge in [0.15, 0.2) is 34.6 Å². The molecular weight excluding hydrogens is 436 g/mol. The highest BCUT2D eigenvalue weighted by atomic mass is 16.7. The van der Waals surface area contributed by atoms with Gasteiger partial charge in [0, 0.05) is 10.8 Å². The largest absolute Gasteiger partial charge is 0.454 e. The quantitative estimate of drug-likeness (QED) is 0.332. The molecule has 0 radical (unpaired) electrons. The predicted octanol–water partition coefficient (Wildman–Crippen LogP) is 3.98. The van der Waals surface area contributed by atoms with Crippen molar-refractivity contribution in [2.24, 2.45) is 10.2 Å². The first-order valence-corrected chi connectivity index (χ1v) is 10.5. The van der Waals surface area contributed by atoms with Gasteiger partial charge >= 0.3 is 0 Å². The SMILES string of the molecule is C(=N/Nc1nnc(N/N=C\c2ccc3c(c2)OCO3)c2ccccc12)/c1ccc2c(c1)OCO2. The number of nitrogens with one attached hydrogen (secondary N) is 2. The zero-order valence-corrected chi connectivity index (χ0v) is 17.8. The molecule has 3 aromatic carbocycles. The van der Waals surface area contributed by atoms with Crippen LogP contribution >= 0.6 is 0 Å². The van der Waals surface area contributed by atoms with Crippen molar-refractivity contribution < 1.29 is 18.9 Å². The van der Waals surface area contributed by atoms with Crippen LogP contribution in [0.3, 0.4) is 0 Å². The number of fused-ring (bicyclic) bond motifs is 3. The van der Waals surface area contributed by atoms with Gasteiger partial charge in [0.2, 0.25) is 13.6 Å². The lowest BCUT2D eigenvalue weighted by atomic mass is 10.2. The van der Waals surface area contributed by atoms with E-state index in [4.69, 9.17) is 18.9 Å². The third kappa shape index (κ3) is 3.88. The first-order chi connectivity index (χ1) is 16.8. The van der Waals surface area contributed by atoms with Crippen LogP contribution in [-0.2, 0) is 0 Å². The molecule has 0 aliphatic carbocycles. The van der Waals surface area contributed by atoms with Crippen LogP contribution in [0.2, 0.25) is 0 Å². The molecule has 0 fully saturated rings. The molecule has 0 saturated carbocycles. The van der Waals surface area contributed by atoms with E-state index < -0.39 is 0 Å². The number of hydrazone groups is 2. The van der Waals surface area contributed by atoms with Gasteiger partial charge in [-0.2, -0.15) is 10.2 Å². The predicted molar refractivity (Wildman–Crippen MR) is 127 cm³/mol. The van der Waals surface area contributed by atoms with Crippen molar-refractivity contribution in [3.63, 3.8) is 0 Å². The Bertz CT molecular complexity index is 1330. The van der Waals surface area contributed by atoms with Gasteiger partial charge in [-0.05, 0) is 47.5 Å². The van der Waals surface area contributed by atoms with Crippen molar-refractivity contribution in [1.82, 2.24) is 10.2 Å². The molecule has 2 aliphatic rings. The van der Waals surface area contributed by atoms with Crippen LogP contribution in [0.5, 0.6) is 23.0 Å². The molecule has 168 valence electrons. The van der Waals surface area contributed by atoms with E-state index in [1.165, 1.54) is 0 Å². The molecule has 0 bridgehead atoms. The van der Waals surface area contributed by atoms with Gasteiger partial charge in [-0.3, -0.25) is 10.9 Å². The molecule has 0 spiro atoms. The lowest BCUT2D eigenvalue weighted by Crippen LogP contribution is -2.01. The summed E-state index contributed by atoms with van der Waals surface area (Å²) in [6, 6.07) is 19.0. The molecule has 2 aliphatic heterocycles. The van der Waals surface area contributed by atoms with Crippen molar-refractivity contribution in [1.29, 1.82) is 0 Å². The average Bonchev–Trinajstić information content (AvgIpc) is 3.54. The highest BCUT2D eigenvalue weighted by Crippen LogP contribution is 2.33. The summed E-state index contributed by atoms with van der Waals surface area (Å²) in [6.07, 6.45) is 3.36. The molecule has 2 N–H and O–H groups in total. The summed E-state index contributed by atoms with van der Waals surface area (Å²) in [7, 11) is 0. The minimum atomic E-state index is 0.233. The molecule has 3 heterocycles. The molecule has 4 aromatic rings. The molecule has 0 atom stereocenters. The Balaban J connectivity index is 1.19. The summed E-state index contributed by atoms with van der Waals surface area (Å²) in [5, 5.41) is 18.9. The molecule has 10 heteroatoms. The molecule has 1 aromatic heterocycles. The second kappa shape index (κ2) is 8.58. The summed E-state index contributed by atoms with van der Waals surface area (Å²) < 4.78 is 21.5. The standard InChI is InChI=1S/C24H18N6O4/c1-2-4-18-17(3-1)23(27-25-11-15-5-7-19-21(9-15)33-13-31-19)29-30-24(18)28-26-12-16-6-8-20-22(10-16)34-14-32-20/h1-12H,13-14H2,(H,27,29)(H,28,30)/b25-11-,26-12-. The minimum absolute atomic E-state index is 0.233. The second-order valence-electron chi connectivity index (χ2n) is 7.41. The van der Waals surface area contributed by atoms with Gasteiger partial charge in [-0.1, -0.05) is 24.3 Å². The zero-order chi connectivity index (χ0) is 22.7. The Morgan fingerprint density at radius 2 is 1.09 bits per heavy atom. The number of hydrogen-bond donors (Lipinski definition) is 2. The fourth-order valence-electron chi connectivity index (χ4n) is 3.59. The lowest BCUT2D eigenvalue weighted by Gasteiger charge is -2.08. The van der Waals surface area contributed by atoms with Gasteiger partial charge in [0.05, 0.1) is 12.4 Å². The van der Waals surface area contributed by atoms with Crippen molar-refractivity contribution in [2.45, 2.75) is 0 Å². The average molecular weight is 454 g/mol. The van der Waals surface area contributed by atoms with Gasteiger partial charge in [-0.15, -0.1) is 10.2 Å². The highest BCUT2D eigenvalue weighted by Gasteiger charge is 2.14. The summed E-state index contributed by atoms with van der Waals surface area (Å²) in [4.78, 5) is 0. The van der Waals surface area contributed by atoms with E-state index in [9.17, 15) is 0 Å². The van der Waals surface area contributed by atoms with E-state index in [1.807, 2.05) is 60.7 Å². The van der Waals surface area contributed by atoms with Crippen LogP contribution in [0.15, 0.2) is 70.9 Å². The number of anilines is 2. The van der Waals surface area contributed by atoms with Crippen LogP contribution < -0.4 is 29.8 Å². The van der Waals surface area contributed by atoms with E-state index in [-0.39, 0.29) is 13.6 Å². The van der Waals surface area contributed by atoms with Crippen LogP contribution in [-0.4, -0.2) is 36.2 Å². The van der Waals surface area contributed by atoms with Gasteiger partial charge in [-0.25, -0.2) is 0 Å². The summed E-state index contributed by atoms with van der Waals surface area (Å²) in [6.45, 7) is 0.466. The number of ether oxygens (including phenoxy) is 4. The van der Waals surface area contributed by atoms with Crippen molar-refractivity contribution in [3.8, 4) is 23.0 Å². The lowest BCUT2D eigenvalue weighted by molar-refractivity contribution is 0.173. The van der Waals surface area contributed by atoms with Crippen LogP contribution in [0.4, 0.5) is 11.6 Å². The summed E-state index contributed by atoms with van der Waals surface area (Å²) in [5.74, 6) is 3.91. The molecule has 0 saturated heterocycles. The number of rotatable bonds is 6. The van der Waals surface area contributed by atoms with Crippen molar-refractivity contribution in [2.75, 3.05) is 24.4 Å². The maximum Gasteiger partial charge on any atom is 0.231 e. The smallest absolute Gasteiger partial charge is 0.231 e. The second-order valence-corrected chi connectivity index (χ2v) is 7.41. The molecule has 6 rings (SSSR count). The number of benzene rings is 3. The van der Waals surface area contributed by atoms with Gasteiger partial charge in [0.25, 0.3) is 0 Å². The zero-order valence-electron chi connectivity index (χ0n) is 17.8. The van der Waals surface area contributed by atoms with Crippen molar-refractivity contribution >= 4 is 34.8 Å². The minimum Gasteiger partial charge on any atom is -0.454 e. The third-order valence-electron chi connectivity index (χ3n) is 5.25. The number of nitrogens with zero attached hydrogens (tertiary/aromatic N) is 4. The van der Waals surface area contributed by atoms with Gasteiger partial charge < -0.3 is 18.9 Å².